The number of hydrogen-bond donors (Lipinski definition) is 0. The maximum atomic E-state index is 5.65. The van der Waals surface area contributed by atoms with Crippen LogP contribution < -0.4 is 9.47 Å². The van der Waals surface area contributed by atoms with Gasteiger partial charge in [0.1, 0.15) is 5.01 Å². The summed E-state index contributed by atoms with van der Waals surface area (Å²) in [5, 5.41) is 3.14. The minimum absolute atomic E-state index is 0.303. The first kappa shape index (κ1) is 15.2. The van der Waals surface area contributed by atoms with Crippen LogP contribution in [-0.4, -0.2) is 16.7 Å². The average Bonchev–Trinajstić information content (AvgIpc) is 3.27. The first-order valence-corrected chi connectivity index (χ1v) is 8.78. The lowest BCUT2D eigenvalue weighted by Gasteiger charge is -2.22. The van der Waals surface area contributed by atoms with Gasteiger partial charge >= 0.3 is 0 Å². The summed E-state index contributed by atoms with van der Waals surface area (Å²) in [5.41, 5.74) is 2.44. The first-order valence-electron chi connectivity index (χ1n) is 7.90. The molecule has 2 heterocycles. The molecule has 0 spiro atoms. The van der Waals surface area contributed by atoms with Crippen molar-refractivity contribution in [1.29, 1.82) is 0 Å². The summed E-state index contributed by atoms with van der Waals surface area (Å²) in [6, 6.07) is 16.6. The van der Waals surface area contributed by atoms with Crippen LogP contribution in [-0.2, 0) is 19.6 Å². The molecule has 0 fully saturated rings. The highest BCUT2D eigenvalue weighted by molar-refractivity contribution is 7.09. The minimum Gasteiger partial charge on any atom is -0.454 e. The van der Waals surface area contributed by atoms with Crippen molar-refractivity contribution < 1.29 is 9.47 Å². The van der Waals surface area contributed by atoms with Crippen LogP contribution in [0.1, 0.15) is 16.1 Å². The zero-order valence-corrected chi connectivity index (χ0v) is 14.0. The summed E-state index contributed by atoms with van der Waals surface area (Å²) in [4.78, 5) is 6.81. The summed E-state index contributed by atoms with van der Waals surface area (Å²) in [6.45, 7) is 2.78. The van der Waals surface area contributed by atoms with Crippen LogP contribution in [0, 0.1) is 0 Å². The lowest BCUT2D eigenvalue weighted by Crippen LogP contribution is -2.22. The van der Waals surface area contributed by atoms with E-state index >= 15 is 0 Å². The Morgan fingerprint density at radius 1 is 0.958 bits per heavy atom. The molecule has 0 bridgehead atoms. The van der Waals surface area contributed by atoms with Gasteiger partial charge in [0.15, 0.2) is 11.5 Å². The van der Waals surface area contributed by atoms with Crippen molar-refractivity contribution in [2.24, 2.45) is 0 Å². The minimum atomic E-state index is 0.303. The molecule has 0 saturated heterocycles. The SMILES string of the molecule is c1ccc(CN(Cc2nccs2)Cc2cccc3c2OCO3)cc1. The molecule has 1 aliphatic rings. The molecule has 1 aromatic heterocycles. The molecule has 0 amide bonds. The largest absolute Gasteiger partial charge is 0.454 e. The fourth-order valence-electron chi connectivity index (χ4n) is 2.89. The molecule has 24 heavy (non-hydrogen) atoms. The van der Waals surface area contributed by atoms with Crippen LogP contribution >= 0.6 is 11.3 Å². The highest BCUT2D eigenvalue weighted by Crippen LogP contribution is 2.36. The number of rotatable bonds is 6. The molecule has 0 unspecified atom stereocenters. The summed E-state index contributed by atoms with van der Waals surface area (Å²) in [7, 11) is 0. The molecule has 0 aliphatic carbocycles. The van der Waals surface area contributed by atoms with Crippen LogP contribution in [0.5, 0.6) is 11.5 Å². The molecule has 1 aliphatic heterocycles. The Balaban J connectivity index is 1.57. The van der Waals surface area contributed by atoms with Gasteiger partial charge in [0.25, 0.3) is 0 Å². The maximum Gasteiger partial charge on any atom is 0.231 e. The molecule has 4 nitrogen and oxygen atoms in total. The van der Waals surface area contributed by atoms with Crippen LogP contribution in [0.25, 0.3) is 0 Å². The van der Waals surface area contributed by atoms with Crippen LogP contribution in [0.2, 0.25) is 0 Å². The van der Waals surface area contributed by atoms with Gasteiger partial charge in [-0.1, -0.05) is 42.5 Å². The number of benzene rings is 2. The normalized spacial score (nSPS) is 12.7. The lowest BCUT2D eigenvalue weighted by molar-refractivity contribution is 0.171. The van der Waals surface area contributed by atoms with Gasteiger partial charge in [-0.3, -0.25) is 4.90 Å². The van der Waals surface area contributed by atoms with Crippen molar-refractivity contribution in [3.05, 3.63) is 76.2 Å². The number of thiazole rings is 1. The monoisotopic (exact) mass is 338 g/mol. The Morgan fingerprint density at radius 2 is 1.88 bits per heavy atom. The molecule has 3 aromatic rings. The molecule has 0 atom stereocenters. The number of fused-ring (bicyclic) bond motifs is 1. The first-order chi connectivity index (χ1) is 11.9. The van der Waals surface area contributed by atoms with Crippen molar-refractivity contribution in [1.82, 2.24) is 9.88 Å². The second-order valence-electron chi connectivity index (χ2n) is 5.71. The van der Waals surface area contributed by atoms with E-state index in [0.717, 1.165) is 41.7 Å². The lowest BCUT2D eigenvalue weighted by atomic mass is 10.1. The van der Waals surface area contributed by atoms with Gasteiger partial charge in [0.05, 0.1) is 6.54 Å². The van der Waals surface area contributed by atoms with E-state index < -0.39 is 0 Å². The van der Waals surface area contributed by atoms with Gasteiger partial charge in [-0.2, -0.15) is 0 Å². The molecular weight excluding hydrogens is 320 g/mol. The van der Waals surface area contributed by atoms with E-state index in [1.54, 1.807) is 11.3 Å². The van der Waals surface area contributed by atoms with Gasteiger partial charge in [0, 0.05) is 30.2 Å². The Kier molecular flexibility index (Phi) is 4.44. The van der Waals surface area contributed by atoms with E-state index in [9.17, 15) is 0 Å². The van der Waals surface area contributed by atoms with Gasteiger partial charge < -0.3 is 9.47 Å². The molecule has 0 N–H and O–H groups in total. The second kappa shape index (κ2) is 7.03. The Morgan fingerprint density at radius 3 is 2.71 bits per heavy atom. The zero-order chi connectivity index (χ0) is 16.2. The third kappa shape index (κ3) is 3.42. The fraction of sp³-hybridized carbons (Fsp3) is 0.211. The van der Waals surface area contributed by atoms with Crippen LogP contribution in [0.4, 0.5) is 0 Å². The van der Waals surface area contributed by atoms with Crippen LogP contribution in [0.15, 0.2) is 60.1 Å². The molecule has 2 aromatic carbocycles. The molecule has 0 saturated carbocycles. The summed E-state index contributed by atoms with van der Waals surface area (Å²) < 4.78 is 11.1. The van der Waals surface area contributed by atoms with Crippen molar-refractivity contribution in [2.45, 2.75) is 19.6 Å². The quantitative estimate of drug-likeness (QED) is 0.678. The highest BCUT2D eigenvalue weighted by Gasteiger charge is 2.19. The zero-order valence-electron chi connectivity index (χ0n) is 13.2. The predicted octanol–water partition coefficient (Wildman–Crippen LogP) is 4.07. The second-order valence-corrected chi connectivity index (χ2v) is 6.69. The maximum absolute atomic E-state index is 5.65. The average molecular weight is 338 g/mol. The number of hydrogen-bond acceptors (Lipinski definition) is 5. The standard InChI is InChI=1S/C19H18N2O2S/c1-2-5-15(6-3-1)11-21(13-18-20-9-10-24-18)12-16-7-4-8-17-19(16)23-14-22-17/h1-10H,11-14H2. The van der Waals surface area contributed by atoms with Crippen LogP contribution in [0.3, 0.4) is 0 Å². The number of para-hydroxylation sites is 1. The third-order valence-electron chi connectivity index (χ3n) is 3.96. The summed E-state index contributed by atoms with van der Waals surface area (Å²) in [6.07, 6.45) is 1.86. The van der Waals surface area contributed by atoms with E-state index in [2.05, 4.69) is 40.2 Å². The van der Waals surface area contributed by atoms with E-state index in [4.69, 9.17) is 9.47 Å². The van der Waals surface area contributed by atoms with Gasteiger partial charge in [-0.05, 0) is 11.6 Å². The van der Waals surface area contributed by atoms with Gasteiger partial charge in [0.2, 0.25) is 6.79 Å². The van der Waals surface area contributed by atoms with E-state index in [1.165, 1.54) is 5.56 Å². The van der Waals surface area contributed by atoms with Crippen molar-refractivity contribution >= 4 is 11.3 Å². The van der Waals surface area contributed by atoms with E-state index in [1.807, 2.05) is 29.8 Å². The van der Waals surface area contributed by atoms with Crippen molar-refractivity contribution in [2.75, 3.05) is 6.79 Å². The topological polar surface area (TPSA) is 34.6 Å². The molecule has 5 heteroatoms. The number of aromatic nitrogens is 1. The molecule has 4 rings (SSSR count). The highest BCUT2D eigenvalue weighted by atomic mass is 32.1. The Hall–Kier alpha value is -2.37. The Labute approximate surface area is 145 Å². The number of nitrogens with zero attached hydrogens (tertiary/aromatic N) is 2. The number of ether oxygens (including phenoxy) is 2. The Bertz CT molecular complexity index is 790. The third-order valence-corrected chi connectivity index (χ3v) is 4.73. The molecule has 0 radical (unpaired) electrons. The summed E-state index contributed by atoms with van der Waals surface area (Å²) >= 11 is 1.69. The summed E-state index contributed by atoms with van der Waals surface area (Å²) in [5.74, 6) is 1.70. The molecule has 122 valence electrons. The molecular formula is C19H18N2O2S. The fourth-order valence-corrected chi connectivity index (χ4v) is 3.55. The van der Waals surface area contributed by atoms with Crippen molar-refractivity contribution in [3.63, 3.8) is 0 Å². The van der Waals surface area contributed by atoms with Gasteiger partial charge in [-0.15, -0.1) is 11.3 Å². The van der Waals surface area contributed by atoms with E-state index in [0.29, 0.717) is 6.79 Å². The smallest absolute Gasteiger partial charge is 0.231 e. The predicted molar refractivity (Wildman–Crippen MR) is 94.1 cm³/mol. The van der Waals surface area contributed by atoms with Gasteiger partial charge in [-0.25, -0.2) is 4.98 Å². The van der Waals surface area contributed by atoms with Crippen molar-refractivity contribution in [3.8, 4) is 11.5 Å². The van der Waals surface area contributed by atoms with E-state index in [-0.39, 0.29) is 0 Å².